The lowest BCUT2D eigenvalue weighted by Crippen LogP contribution is -2.50. The Morgan fingerprint density at radius 1 is 1.05 bits per heavy atom. The Labute approximate surface area is 216 Å². The van der Waals surface area contributed by atoms with Gasteiger partial charge in [-0.3, -0.25) is 14.4 Å². The van der Waals surface area contributed by atoms with E-state index in [1.165, 1.54) is 12.3 Å². The number of amides is 3. The standard InChI is InChI=1S/C27H37F2N5O3/c1-17(2)8-11-24(35)32-22(15-25(36)34-12-6-4-5-7-13-34)27(37)31-18(3)26-30-16-23(33-26)20-10-9-19(28)14-21(20)29/h9-10,14,16-18,22H,4-8,11-13,15H2,1-3H3,(H,30,33)(H,31,37)(H,32,35). The second-order valence-corrected chi connectivity index (χ2v) is 10.1. The highest BCUT2D eigenvalue weighted by Crippen LogP contribution is 2.23. The number of hydrogen-bond donors (Lipinski definition) is 3. The Bertz CT molecular complexity index is 1080. The first kappa shape index (κ1) is 28.3. The van der Waals surface area contributed by atoms with Crippen LogP contribution in [0.4, 0.5) is 8.78 Å². The van der Waals surface area contributed by atoms with Gasteiger partial charge in [0.25, 0.3) is 0 Å². The molecule has 1 saturated heterocycles. The summed E-state index contributed by atoms with van der Waals surface area (Å²) >= 11 is 0. The molecule has 0 bridgehead atoms. The highest BCUT2D eigenvalue weighted by Gasteiger charge is 2.28. The zero-order chi connectivity index (χ0) is 26.9. The molecule has 1 aliphatic heterocycles. The Kier molecular flexibility index (Phi) is 10.2. The number of imidazole rings is 1. The number of rotatable bonds is 10. The first-order chi connectivity index (χ1) is 17.6. The van der Waals surface area contributed by atoms with Gasteiger partial charge in [-0.05, 0) is 44.2 Å². The third kappa shape index (κ3) is 8.36. The highest BCUT2D eigenvalue weighted by atomic mass is 19.1. The van der Waals surface area contributed by atoms with Crippen molar-refractivity contribution >= 4 is 17.7 Å². The molecule has 2 unspecified atom stereocenters. The largest absolute Gasteiger partial charge is 0.345 e. The Hall–Kier alpha value is -3.30. The summed E-state index contributed by atoms with van der Waals surface area (Å²) in [5.41, 5.74) is 0.487. The molecule has 2 heterocycles. The van der Waals surface area contributed by atoms with E-state index in [1.54, 1.807) is 11.8 Å². The van der Waals surface area contributed by atoms with Gasteiger partial charge < -0.3 is 20.5 Å². The van der Waals surface area contributed by atoms with Crippen LogP contribution in [-0.2, 0) is 14.4 Å². The minimum absolute atomic E-state index is 0.129. The van der Waals surface area contributed by atoms with Crippen molar-refractivity contribution in [1.29, 1.82) is 0 Å². The lowest BCUT2D eigenvalue weighted by atomic mass is 10.1. The fourth-order valence-corrected chi connectivity index (χ4v) is 4.30. The number of nitrogens with one attached hydrogen (secondary N) is 3. The van der Waals surface area contributed by atoms with Crippen LogP contribution in [0.15, 0.2) is 24.4 Å². The number of carbonyl (C=O) groups excluding carboxylic acids is 3. The molecule has 2 aromatic rings. The fraction of sp³-hybridized carbons (Fsp3) is 0.556. The van der Waals surface area contributed by atoms with Crippen molar-refractivity contribution in [1.82, 2.24) is 25.5 Å². The molecule has 3 N–H and O–H groups in total. The van der Waals surface area contributed by atoms with Gasteiger partial charge in [0, 0.05) is 31.1 Å². The minimum Gasteiger partial charge on any atom is -0.345 e. The van der Waals surface area contributed by atoms with Gasteiger partial charge in [0.05, 0.1) is 24.4 Å². The van der Waals surface area contributed by atoms with Gasteiger partial charge in [0.1, 0.15) is 23.5 Å². The number of halogens is 2. The van der Waals surface area contributed by atoms with Gasteiger partial charge in [0.2, 0.25) is 17.7 Å². The number of aromatic amines is 1. The van der Waals surface area contributed by atoms with Crippen molar-refractivity contribution < 1.29 is 23.2 Å². The number of H-pyrrole nitrogens is 1. The number of carbonyl (C=O) groups is 3. The van der Waals surface area contributed by atoms with Gasteiger partial charge in [-0.15, -0.1) is 0 Å². The van der Waals surface area contributed by atoms with E-state index in [0.717, 1.165) is 37.8 Å². The van der Waals surface area contributed by atoms with Crippen molar-refractivity contribution in [3.8, 4) is 11.3 Å². The molecule has 8 nitrogen and oxygen atoms in total. The molecule has 0 aliphatic carbocycles. The molecule has 1 fully saturated rings. The van der Waals surface area contributed by atoms with Crippen LogP contribution < -0.4 is 10.6 Å². The lowest BCUT2D eigenvalue weighted by molar-refractivity contribution is -0.136. The summed E-state index contributed by atoms with van der Waals surface area (Å²) in [6.45, 7) is 7.02. The first-order valence-electron chi connectivity index (χ1n) is 13.0. The number of nitrogens with zero attached hydrogens (tertiary/aromatic N) is 2. The van der Waals surface area contributed by atoms with E-state index in [9.17, 15) is 23.2 Å². The molecule has 3 amide bonds. The molecule has 1 aromatic heterocycles. The third-order valence-electron chi connectivity index (χ3n) is 6.52. The monoisotopic (exact) mass is 517 g/mol. The summed E-state index contributed by atoms with van der Waals surface area (Å²) in [4.78, 5) is 47.7. The Balaban J connectivity index is 1.69. The summed E-state index contributed by atoms with van der Waals surface area (Å²) in [6, 6.07) is 1.60. The predicted molar refractivity (Wildman–Crippen MR) is 136 cm³/mol. The third-order valence-corrected chi connectivity index (χ3v) is 6.52. The molecule has 1 aliphatic rings. The van der Waals surface area contributed by atoms with Crippen LogP contribution in [0.25, 0.3) is 11.3 Å². The van der Waals surface area contributed by atoms with E-state index >= 15 is 0 Å². The second-order valence-electron chi connectivity index (χ2n) is 10.1. The van der Waals surface area contributed by atoms with E-state index in [-0.39, 0.29) is 30.2 Å². The second kappa shape index (κ2) is 13.3. The molecule has 0 saturated carbocycles. The van der Waals surface area contributed by atoms with Gasteiger partial charge >= 0.3 is 0 Å². The van der Waals surface area contributed by atoms with Crippen LogP contribution in [0.5, 0.6) is 0 Å². The molecule has 0 radical (unpaired) electrons. The van der Waals surface area contributed by atoms with Crippen LogP contribution in [0.1, 0.15) is 77.6 Å². The van der Waals surface area contributed by atoms with E-state index in [2.05, 4.69) is 20.6 Å². The molecule has 37 heavy (non-hydrogen) atoms. The fourth-order valence-electron chi connectivity index (χ4n) is 4.30. The van der Waals surface area contributed by atoms with Crippen LogP contribution >= 0.6 is 0 Å². The van der Waals surface area contributed by atoms with Gasteiger partial charge in [-0.1, -0.05) is 26.7 Å². The van der Waals surface area contributed by atoms with Crippen LogP contribution in [0, 0.1) is 17.6 Å². The average Bonchev–Trinajstić information content (AvgIpc) is 3.16. The Morgan fingerprint density at radius 3 is 2.41 bits per heavy atom. The van der Waals surface area contributed by atoms with Crippen molar-refractivity contribution in [2.75, 3.05) is 13.1 Å². The summed E-state index contributed by atoms with van der Waals surface area (Å²) in [7, 11) is 0. The Morgan fingerprint density at radius 2 is 1.76 bits per heavy atom. The quantitative estimate of drug-likeness (QED) is 0.438. The zero-order valence-electron chi connectivity index (χ0n) is 21.8. The molecular weight excluding hydrogens is 480 g/mol. The van der Waals surface area contributed by atoms with E-state index < -0.39 is 29.6 Å². The topological polar surface area (TPSA) is 107 Å². The summed E-state index contributed by atoms with van der Waals surface area (Å²) < 4.78 is 27.4. The maximum atomic E-state index is 14.2. The SMILES string of the molecule is CC(C)CCC(=O)NC(CC(=O)N1CCCCCC1)C(=O)NC(C)c1ncc(-c2ccc(F)cc2F)[nH]1. The van der Waals surface area contributed by atoms with Gasteiger partial charge in [0.15, 0.2) is 0 Å². The molecule has 0 spiro atoms. The summed E-state index contributed by atoms with van der Waals surface area (Å²) in [5, 5.41) is 5.55. The predicted octanol–water partition coefficient (Wildman–Crippen LogP) is 4.25. The van der Waals surface area contributed by atoms with Crippen molar-refractivity contribution in [3.05, 3.63) is 41.9 Å². The number of aromatic nitrogens is 2. The summed E-state index contributed by atoms with van der Waals surface area (Å²) in [5.74, 6) is -1.67. The van der Waals surface area contributed by atoms with Crippen LogP contribution in [0.3, 0.4) is 0 Å². The van der Waals surface area contributed by atoms with Crippen molar-refractivity contribution in [2.45, 2.75) is 77.8 Å². The molecule has 2 atom stereocenters. The maximum absolute atomic E-state index is 14.2. The number of hydrogen-bond acceptors (Lipinski definition) is 4. The smallest absolute Gasteiger partial charge is 0.243 e. The van der Waals surface area contributed by atoms with E-state index in [1.807, 2.05) is 13.8 Å². The first-order valence-corrected chi connectivity index (χ1v) is 13.0. The number of likely N-dealkylation sites (tertiary alicyclic amines) is 1. The lowest BCUT2D eigenvalue weighted by Gasteiger charge is -2.25. The van der Waals surface area contributed by atoms with Crippen LogP contribution in [0.2, 0.25) is 0 Å². The van der Waals surface area contributed by atoms with E-state index in [0.29, 0.717) is 36.9 Å². The number of benzene rings is 1. The minimum atomic E-state index is -1.03. The highest BCUT2D eigenvalue weighted by molar-refractivity contribution is 5.92. The van der Waals surface area contributed by atoms with Crippen molar-refractivity contribution in [2.24, 2.45) is 5.92 Å². The zero-order valence-corrected chi connectivity index (χ0v) is 21.8. The summed E-state index contributed by atoms with van der Waals surface area (Å²) in [6.07, 6.45) is 6.21. The molecule has 3 rings (SSSR count). The molecular formula is C27H37F2N5O3. The van der Waals surface area contributed by atoms with Gasteiger partial charge in [-0.25, -0.2) is 13.8 Å². The van der Waals surface area contributed by atoms with E-state index in [4.69, 9.17) is 0 Å². The molecule has 1 aromatic carbocycles. The van der Waals surface area contributed by atoms with Crippen LogP contribution in [-0.4, -0.2) is 51.7 Å². The molecule has 202 valence electrons. The normalized spacial score (nSPS) is 15.7. The average molecular weight is 518 g/mol. The maximum Gasteiger partial charge on any atom is 0.243 e. The van der Waals surface area contributed by atoms with Gasteiger partial charge in [-0.2, -0.15) is 0 Å². The molecule has 10 heteroatoms. The van der Waals surface area contributed by atoms with Crippen molar-refractivity contribution in [3.63, 3.8) is 0 Å².